The predicted octanol–water partition coefficient (Wildman–Crippen LogP) is 3.50. The van der Waals surface area contributed by atoms with Gasteiger partial charge in [-0.2, -0.15) is 0 Å². The number of piperidine rings is 1. The fourth-order valence-corrected chi connectivity index (χ4v) is 4.04. The highest BCUT2D eigenvalue weighted by molar-refractivity contribution is 9.09. The Hall–Kier alpha value is -0.640. The van der Waals surface area contributed by atoms with E-state index in [0.29, 0.717) is 6.04 Å². The van der Waals surface area contributed by atoms with E-state index >= 15 is 0 Å². The second-order valence-electron chi connectivity index (χ2n) is 5.68. The Balaban J connectivity index is 1.95. The molecule has 1 aromatic heterocycles. The van der Waals surface area contributed by atoms with Gasteiger partial charge in [-0.25, -0.2) is 9.97 Å². The van der Waals surface area contributed by atoms with Crippen LogP contribution in [0.3, 0.4) is 0 Å². The Morgan fingerprint density at radius 3 is 2.89 bits per heavy atom. The number of rotatable bonds is 2. The highest BCUT2D eigenvalue weighted by Gasteiger charge is 2.26. The van der Waals surface area contributed by atoms with E-state index in [-0.39, 0.29) is 0 Å². The zero-order valence-electron chi connectivity index (χ0n) is 11.4. The molecule has 0 aromatic carbocycles. The number of nitrogens with zero attached hydrogens (tertiary/aromatic N) is 3. The van der Waals surface area contributed by atoms with Crippen LogP contribution in [0.4, 0.5) is 5.82 Å². The molecule has 2 aliphatic rings. The van der Waals surface area contributed by atoms with Crippen molar-refractivity contribution in [1.82, 2.24) is 9.97 Å². The van der Waals surface area contributed by atoms with Gasteiger partial charge >= 0.3 is 0 Å². The van der Waals surface area contributed by atoms with Crippen LogP contribution < -0.4 is 4.90 Å². The molecule has 1 saturated heterocycles. The van der Waals surface area contributed by atoms with E-state index < -0.39 is 0 Å². The summed E-state index contributed by atoms with van der Waals surface area (Å²) >= 11 is 3.68. The molecule has 0 spiro atoms. The second kappa shape index (κ2) is 6.21. The van der Waals surface area contributed by atoms with Gasteiger partial charge in [0.25, 0.3) is 0 Å². The SMILES string of the molecule is BrCC1CCCCN1c1ncnc2c1CCCCC2. The molecule has 3 rings (SSSR count). The van der Waals surface area contributed by atoms with Crippen LogP contribution in [0.1, 0.15) is 49.8 Å². The summed E-state index contributed by atoms with van der Waals surface area (Å²) < 4.78 is 0. The van der Waals surface area contributed by atoms with Crippen LogP contribution >= 0.6 is 15.9 Å². The van der Waals surface area contributed by atoms with Crippen molar-refractivity contribution in [3.05, 3.63) is 17.6 Å². The van der Waals surface area contributed by atoms with Crippen molar-refractivity contribution in [2.45, 2.75) is 57.4 Å². The number of alkyl halides is 1. The molecule has 1 aliphatic carbocycles. The lowest BCUT2D eigenvalue weighted by molar-refractivity contribution is 0.485. The first-order chi connectivity index (χ1) is 9.40. The van der Waals surface area contributed by atoms with Crippen molar-refractivity contribution < 1.29 is 0 Å². The van der Waals surface area contributed by atoms with Crippen molar-refractivity contribution in [2.24, 2.45) is 0 Å². The number of aryl methyl sites for hydroxylation is 1. The van der Waals surface area contributed by atoms with Gasteiger partial charge < -0.3 is 4.90 Å². The quantitative estimate of drug-likeness (QED) is 0.616. The maximum atomic E-state index is 4.65. The molecular formula is C15H22BrN3. The Morgan fingerprint density at radius 2 is 2.00 bits per heavy atom. The average Bonchev–Trinajstić information content (AvgIpc) is 2.72. The van der Waals surface area contributed by atoms with Crippen molar-refractivity contribution in [3.8, 4) is 0 Å². The molecule has 4 heteroatoms. The second-order valence-corrected chi connectivity index (χ2v) is 6.33. The Morgan fingerprint density at radius 1 is 1.11 bits per heavy atom. The van der Waals surface area contributed by atoms with Gasteiger partial charge in [0.1, 0.15) is 12.1 Å². The molecule has 1 atom stereocenters. The molecule has 0 saturated carbocycles. The summed E-state index contributed by atoms with van der Waals surface area (Å²) in [4.78, 5) is 11.7. The van der Waals surface area contributed by atoms with Gasteiger partial charge in [-0.05, 0) is 44.9 Å². The summed E-state index contributed by atoms with van der Waals surface area (Å²) in [5, 5.41) is 1.05. The molecule has 1 fully saturated rings. The molecule has 1 aromatic rings. The normalized spacial score (nSPS) is 23.8. The van der Waals surface area contributed by atoms with Gasteiger partial charge in [-0.3, -0.25) is 0 Å². The lowest BCUT2D eigenvalue weighted by Gasteiger charge is -2.37. The van der Waals surface area contributed by atoms with E-state index in [1.807, 2.05) is 0 Å². The smallest absolute Gasteiger partial charge is 0.135 e. The van der Waals surface area contributed by atoms with Gasteiger partial charge in [0.05, 0.1) is 0 Å². The van der Waals surface area contributed by atoms with Crippen LogP contribution in [-0.4, -0.2) is 27.9 Å². The number of hydrogen-bond acceptors (Lipinski definition) is 3. The van der Waals surface area contributed by atoms with Gasteiger partial charge in [-0.15, -0.1) is 0 Å². The first kappa shape index (κ1) is 13.3. The monoisotopic (exact) mass is 323 g/mol. The Kier molecular flexibility index (Phi) is 4.36. The van der Waals surface area contributed by atoms with Gasteiger partial charge in [-0.1, -0.05) is 22.4 Å². The zero-order valence-corrected chi connectivity index (χ0v) is 13.0. The molecule has 0 N–H and O–H groups in total. The summed E-state index contributed by atoms with van der Waals surface area (Å²) in [5.41, 5.74) is 2.74. The fraction of sp³-hybridized carbons (Fsp3) is 0.733. The topological polar surface area (TPSA) is 29.0 Å². The van der Waals surface area contributed by atoms with E-state index in [9.17, 15) is 0 Å². The van der Waals surface area contributed by atoms with Crippen LogP contribution in [0.15, 0.2) is 6.33 Å². The maximum absolute atomic E-state index is 4.65. The van der Waals surface area contributed by atoms with E-state index in [0.717, 1.165) is 24.7 Å². The third-order valence-corrected chi connectivity index (χ3v) is 5.18. The standard InChI is InChI=1S/C15H22BrN3/c16-10-12-6-4-5-9-19(12)15-13-7-2-1-3-8-14(13)17-11-18-15/h11-12H,1-10H2. The molecule has 1 unspecified atom stereocenters. The third-order valence-electron chi connectivity index (χ3n) is 4.43. The molecule has 3 nitrogen and oxygen atoms in total. The van der Waals surface area contributed by atoms with Crippen LogP contribution in [0.5, 0.6) is 0 Å². The summed E-state index contributed by atoms with van der Waals surface area (Å²) in [5.74, 6) is 1.23. The minimum atomic E-state index is 0.607. The number of halogens is 1. The minimum absolute atomic E-state index is 0.607. The summed E-state index contributed by atoms with van der Waals surface area (Å²) in [6.45, 7) is 1.15. The lowest BCUT2D eigenvalue weighted by Crippen LogP contribution is -2.42. The molecular weight excluding hydrogens is 302 g/mol. The van der Waals surface area contributed by atoms with Gasteiger partial charge in [0.2, 0.25) is 0 Å². The van der Waals surface area contributed by atoms with Crippen LogP contribution in [0.25, 0.3) is 0 Å². The fourth-order valence-electron chi connectivity index (χ4n) is 3.37. The van der Waals surface area contributed by atoms with Crippen molar-refractivity contribution in [3.63, 3.8) is 0 Å². The maximum Gasteiger partial charge on any atom is 0.135 e. The summed E-state index contributed by atoms with van der Waals surface area (Å²) in [6, 6.07) is 0.607. The van der Waals surface area contributed by atoms with Crippen molar-refractivity contribution in [1.29, 1.82) is 0 Å². The number of fused-ring (bicyclic) bond motifs is 1. The Labute approximate surface area is 124 Å². The number of hydrogen-bond donors (Lipinski definition) is 0. The minimum Gasteiger partial charge on any atom is -0.352 e. The molecule has 1 aliphatic heterocycles. The van der Waals surface area contributed by atoms with Crippen molar-refractivity contribution >= 4 is 21.7 Å². The van der Waals surface area contributed by atoms with Gasteiger partial charge in [0, 0.05) is 29.2 Å². The summed E-state index contributed by atoms with van der Waals surface area (Å²) in [6.07, 6.45) is 11.9. The van der Waals surface area contributed by atoms with Crippen molar-refractivity contribution in [2.75, 3.05) is 16.8 Å². The first-order valence-corrected chi connectivity index (χ1v) is 8.67. The van der Waals surface area contributed by atoms with E-state index in [1.165, 1.54) is 55.6 Å². The van der Waals surface area contributed by atoms with Crippen LogP contribution in [0.2, 0.25) is 0 Å². The molecule has 104 valence electrons. The van der Waals surface area contributed by atoms with Gasteiger partial charge in [0.15, 0.2) is 0 Å². The zero-order chi connectivity index (χ0) is 13.1. The van der Waals surface area contributed by atoms with E-state index in [2.05, 4.69) is 30.8 Å². The number of aromatic nitrogens is 2. The Bertz CT molecular complexity index is 435. The first-order valence-electron chi connectivity index (χ1n) is 7.55. The molecule has 0 radical (unpaired) electrons. The van der Waals surface area contributed by atoms with Crippen LogP contribution in [0, 0.1) is 0 Å². The highest BCUT2D eigenvalue weighted by Crippen LogP contribution is 2.31. The third kappa shape index (κ3) is 2.78. The van der Waals surface area contributed by atoms with E-state index in [1.54, 1.807) is 6.33 Å². The van der Waals surface area contributed by atoms with E-state index in [4.69, 9.17) is 0 Å². The molecule has 19 heavy (non-hydrogen) atoms. The van der Waals surface area contributed by atoms with Crippen LogP contribution in [-0.2, 0) is 12.8 Å². The molecule has 2 heterocycles. The number of anilines is 1. The highest BCUT2D eigenvalue weighted by atomic mass is 79.9. The molecule has 0 amide bonds. The largest absolute Gasteiger partial charge is 0.352 e. The predicted molar refractivity (Wildman–Crippen MR) is 82.1 cm³/mol. The average molecular weight is 324 g/mol. The lowest BCUT2D eigenvalue weighted by atomic mass is 10.0. The molecule has 0 bridgehead atoms. The summed E-state index contributed by atoms with van der Waals surface area (Å²) in [7, 11) is 0.